The molecule has 0 aliphatic carbocycles. The monoisotopic (exact) mass is 216 g/mol. The van der Waals surface area contributed by atoms with Crippen molar-refractivity contribution in [2.24, 2.45) is 5.92 Å². The first-order valence-corrected chi connectivity index (χ1v) is 5.52. The van der Waals surface area contributed by atoms with Crippen LogP contribution in [0.5, 0.6) is 5.75 Å². The summed E-state index contributed by atoms with van der Waals surface area (Å²) in [6, 6.07) is 14.2. The maximum Gasteiger partial charge on any atom is 0.119 e. The molecule has 0 saturated heterocycles. The first kappa shape index (κ1) is 11.0. The van der Waals surface area contributed by atoms with Gasteiger partial charge in [0, 0.05) is 12.5 Å². The van der Waals surface area contributed by atoms with E-state index in [0.717, 1.165) is 5.75 Å². The predicted octanol–water partition coefficient (Wildman–Crippen LogP) is 2.85. The van der Waals surface area contributed by atoms with Crippen LogP contribution in [0.15, 0.2) is 42.5 Å². The fourth-order valence-electron chi connectivity index (χ4n) is 1.55. The molecule has 2 rings (SSSR count). The molecule has 0 heterocycles. The second-order valence-electron chi connectivity index (χ2n) is 4.11. The largest absolute Gasteiger partial charge is 0.493 e. The summed E-state index contributed by atoms with van der Waals surface area (Å²) in [6.45, 7) is 2.67. The number of fused-ring (bicyclic) bond motifs is 1. The maximum absolute atomic E-state index is 8.90. The maximum atomic E-state index is 8.90. The van der Waals surface area contributed by atoms with Crippen LogP contribution in [0.25, 0.3) is 10.8 Å². The molecule has 0 aliphatic heterocycles. The molecule has 0 aliphatic rings. The Morgan fingerprint density at radius 2 is 1.88 bits per heavy atom. The van der Waals surface area contributed by atoms with Gasteiger partial charge in [0.25, 0.3) is 0 Å². The van der Waals surface area contributed by atoms with E-state index in [2.05, 4.69) is 12.1 Å². The van der Waals surface area contributed by atoms with Crippen LogP contribution in [0, 0.1) is 5.92 Å². The Morgan fingerprint density at radius 3 is 2.62 bits per heavy atom. The molecule has 1 N–H and O–H groups in total. The highest BCUT2D eigenvalue weighted by molar-refractivity contribution is 5.83. The van der Waals surface area contributed by atoms with Crippen molar-refractivity contribution in [2.45, 2.75) is 6.92 Å². The number of benzene rings is 2. The summed E-state index contributed by atoms with van der Waals surface area (Å²) in [5, 5.41) is 11.3. The van der Waals surface area contributed by atoms with Gasteiger partial charge in [-0.1, -0.05) is 37.3 Å². The first-order valence-electron chi connectivity index (χ1n) is 5.52. The van der Waals surface area contributed by atoms with Gasteiger partial charge in [-0.3, -0.25) is 0 Å². The van der Waals surface area contributed by atoms with Crippen molar-refractivity contribution in [3.63, 3.8) is 0 Å². The van der Waals surface area contributed by atoms with Crippen LogP contribution in [0.4, 0.5) is 0 Å². The molecule has 2 aromatic carbocycles. The highest BCUT2D eigenvalue weighted by atomic mass is 16.5. The first-order chi connectivity index (χ1) is 7.79. The van der Waals surface area contributed by atoms with Gasteiger partial charge in [-0.05, 0) is 22.9 Å². The number of aliphatic hydroxyl groups is 1. The van der Waals surface area contributed by atoms with Gasteiger partial charge in [0.15, 0.2) is 0 Å². The van der Waals surface area contributed by atoms with Gasteiger partial charge >= 0.3 is 0 Å². The molecule has 0 fully saturated rings. The molecule has 84 valence electrons. The van der Waals surface area contributed by atoms with Crippen molar-refractivity contribution in [3.8, 4) is 5.75 Å². The van der Waals surface area contributed by atoms with E-state index in [1.807, 2.05) is 37.3 Å². The van der Waals surface area contributed by atoms with Crippen molar-refractivity contribution in [1.82, 2.24) is 0 Å². The molecular formula is C14H16O2. The Labute approximate surface area is 95.5 Å². The number of aliphatic hydroxyl groups excluding tert-OH is 1. The minimum Gasteiger partial charge on any atom is -0.493 e. The summed E-state index contributed by atoms with van der Waals surface area (Å²) < 4.78 is 5.61. The Kier molecular flexibility index (Phi) is 3.42. The summed E-state index contributed by atoms with van der Waals surface area (Å²) in [5.41, 5.74) is 0. The predicted molar refractivity (Wildman–Crippen MR) is 65.7 cm³/mol. The fraction of sp³-hybridized carbons (Fsp3) is 0.286. The lowest BCUT2D eigenvalue weighted by molar-refractivity contribution is 0.174. The normalized spacial score (nSPS) is 12.6. The zero-order valence-corrected chi connectivity index (χ0v) is 9.39. The fourth-order valence-corrected chi connectivity index (χ4v) is 1.55. The van der Waals surface area contributed by atoms with Crippen LogP contribution in [0.2, 0.25) is 0 Å². The summed E-state index contributed by atoms with van der Waals surface area (Å²) >= 11 is 0. The smallest absolute Gasteiger partial charge is 0.119 e. The van der Waals surface area contributed by atoms with Gasteiger partial charge < -0.3 is 9.84 Å². The SMILES string of the molecule is CC(CO)COc1ccc2ccccc2c1. The number of hydrogen-bond acceptors (Lipinski definition) is 2. The Morgan fingerprint density at radius 1 is 1.12 bits per heavy atom. The van der Waals surface area contributed by atoms with E-state index in [-0.39, 0.29) is 12.5 Å². The average molecular weight is 216 g/mol. The van der Waals surface area contributed by atoms with Crippen LogP contribution in [-0.2, 0) is 0 Å². The molecule has 0 aromatic heterocycles. The van der Waals surface area contributed by atoms with Crippen LogP contribution >= 0.6 is 0 Å². The van der Waals surface area contributed by atoms with Gasteiger partial charge in [-0.25, -0.2) is 0 Å². The van der Waals surface area contributed by atoms with Gasteiger partial charge in [0.1, 0.15) is 5.75 Å². The topological polar surface area (TPSA) is 29.5 Å². The highest BCUT2D eigenvalue weighted by Gasteiger charge is 2.01. The van der Waals surface area contributed by atoms with E-state index in [9.17, 15) is 0 Å². The number of ether oxygens (including phenoxy) is 1. The van der Waals surface area contributed by atoms with E-state index in [4.69, 9.17) is 9.84 Å². The van der Waals surface area contributed by atoms with Crippen molar-refractivity contribution < 1.29 is 9.84 Å². The Balaban J connectivity index is 2.13. The van der Waals surface area contributed by atoms with E-state index in [1.54, 1.807) is 0 Å². The van der Waals surface area contributed by atoms with E-state index < -0.39 is 0 Å². The molecular weight excluding hydrogens is 200 g/mol. The third-order valence-corrected chi connectivity index (χ3v) is 2.57. The molecule has 1 unspecified atom stereocenters. The summed E-state index contributed by atoms with van der Waals surface area (Å²) in [4.78, 5) is 0. The summed E-state index contributed by atoms with van der Waals surface area (Å²) in [5.74, 6) is 1.03. The second kappa shape index (κ2) is 4.99. The van der Waals surface area contributed by atoms with E-state index in [0.29, 0.717) is 6.61 Å². The zero-order valence-electron chi connectivity index (χ0n) is 9.39. The molecule has 16 heavy (non-hydrogen) atoms. The van der Waals surface area contributed by atoms with E-state index in [1.165, 1.54) is 10.8 Å². The molecule has 0 spiro atoms. The third-order valence-electron chi connectivity index (χ3n) is 2.57. The molecule has 0 amide bonds. The highest BCUT2D eigenvalue weighted by Crippen LogP contribution is 2.20. The average Bonchev–Trinajstić information content (AvgIpc) is 2.35. The minimum atomic E-state index is 0.160. The second-order valence-corrected chi connectivity index (χ2v) is 4.11. The Hall–Kier alpha value is -1.54. The lowest BCUT2D eigenvalue weighted by atomic mass is 10.1. The summed E-state index contributed by atoms with van der Waals surface area (Å²) in [7, 11) is 0. The molecule has 2 heteroatoms. The quantitative estimate of drug-likeness (QED) is 0.851. The van der Waals surface area contributed by atoms with Crippen LogP contribution in [0.3, 0.4) is 0 Å². The summed E-state index contributed by atoms with van der Waals surface area (Å²) in [6.07, 6.45) is 0. The van der Waals surface area contributed by atoms with Gasteiger partial charge in [0.05, 0.1) is 6.61 Å². The van der Waals surface area contributed by atoms with Crippen molar-refractivity contribution in [1.29, 1.82) is 0 Å². The van der Waals surface area contributed by atoms with Gasteiger partial charge in [0.2, 0.25) is 0 Å². The standard InChI is InChI=1S/C14H16O2/c1-11(9-15)10-16-14-7-6-12-4-2-3-5-13(12)8-14/h2-8,11,15H,9-10H2,1H3. The lowest BCUT2D eigenvalue weighted by Gasteiger charge is -2.10. The van der Waals surface area contributed by atoms with Gasteiger partial charge in [-0.2, -0.15) is 0 Å². The van der Waals surface area contributed by atoms with Gasteiger partial charge in [-0.15, -0.1) is 0 Å². The van der Waals surface area contributed by atoms with Crippen LogP contribution < -0.4 is 4.74 Å². The van der Waals surface area contributed by atoms with Crippen molar-refractivity contribution in [3.05, 3.63) is 42.5 Å². The molecule has 0 radical (unpaired) electrons. The Bertz CT molecular complexity index is 465. The molecule has 2 aromatic rings. The number of rotatable bonds is 4. The van der Waals surface area contributed by atoms with Crippen molar-refractivity contribution >= 4 is 10.8 Å². The van der Waals surface area contributed by atoms with Crippen LogP contribution in [0.1, 0.15) is 6.92 Å². The zero-order chi connectivity index (χ0) is 11.4. The minimum absolute atomic E-state index is 0.160. The third kappa shape index (κ3) is 2.52. The van der Waals surface area contributed by atoms with E-state index >= 15 is 0 Å². The molecule has 1 atom stereocenters. The van der Waals surface area contributed by atoms with Crippen molar-refractivity contribution in [2.75, 3.05) is 13.2 Å². The molecule has 0 bridgehead atoms. The number of hydrogen-bond donors (Lipinski definition) is 1. The molecule has 2 nitrogen and oxygen atoms in total. The van der Waals surface area contributed by atoms with Crippen LogP contribution in [-0.4, -0.2) is 18.3 Å². The lowest BCUT2D eigenvalue weighted by Crippen LogP contribution is -2.11. The molecule has 0 saturated carbocycles.